The molecule has 0 aliphatic carbocycles. The fourth-order valence-electron chi connectivity index (χ4n) is 2.07. The number of hydrogen-bond donors (Lipinski definition) is 1. The van der Waals surface area contributed by atoms with Crippen molar-refractivity contribution < 1.29 is 23.1 Å². The number of ether oxygens (including phenoxy) is 1. The van der Waals surface area contributed by atoms with E-state index in [-0.39, 0.29) is 6.42 Å². The summed E-state index contributed by atoms with van der Waals surface area (Å²) < 4.78 is 31.6. The van der Waals surface area contributed by atoms with Gasteiger partial charge in [-0.05, 0) is 42.7 Å². The molecule has 2 aromatic carbocycles. The third kappa shape index (κ3) is 4.62. The number of anilines is 1. The molecule has 6 heteroatoms. The van der Waals surface area contributed by atoms with Gasteiger partial charge < -0.3 is 10.1 Å². The van der Waals surface area contributed by atoms with Crippen LogP contribution in [0, 0.1) is 25.5 Å². The summed E-state index contributed by atoms with van der Waals surface area (Å²) in [5.41, 5.74) is 2.36. The van der Waals surface area contributed by atoms with Crippen LogP contribution in [-0.4, -0.2) is 18.5 Å². The van der Waals surface area contributed by atoms with Gasteiger partial charge in [-0.2, -0.15) is 0 Å². The first-order valence-electron chi connectivity index (χ1n) is 7.32. The molecule has 0 fully saturated rings. The second-order valence-electron chi connectivity index (χ2n) is 5.40. The van der Waals surface area contributed by atoms with Crippen LogP contribution in [0.3, 0.4) is 0 Å². The van der Waals surface area contributed by atoms with Gasteiger partial charge in [0.05, 0.1) is 6.42 Å². The number of rotatable bonds is 5. The molecule has 0 spiro atoms. The van der Waals surface area contributed by atoms with Crippen molar-refractivity contribution in [1.29, 1.82) is 0 Å². The summed E-state index contributed by atoms with van der Waals surface area (Å²) in [6.45, 7) is 3.28. The van der Waals surface area contributed by atoms with E-state index in [1.54, 1.807) is 6.07 Å². The molecule has 2 rings (SSSR count). The lowest BCUT2D eigenvalue weighted by atomic mass is 10.0. The molecule has 0 aliphatic rings. The van der Waals surface area contributed by atoms with Gasteiger partial charge in [0.2, 0.25) is 0 Å². The van der Waals surface area contributed by atoms with Gasteiger partial charge in [0.15, 0.2) is 6.61 Å². The average molecular weight is 333 g/mol. The Kier molecular flexibility index (Phi) is 5.63. The maximum Gasteiger partial charge on any atom is 0.310 e. The molecule has 0 aliphatic heterocycles. The van der Waals surface area contributed by atoms with E-state index in [0.717, 1.165) is 28.8 Å². The molecule has 0 saturated carbocycles. The molecule has 0 atom stereocenters. The molecule has 126 valence electrons. The topological polar surface area (TPSA) is 55.4 Å². The van der Waals surface area contributed by atoms with Crippen LogP contribution in [0.5, 0.6) is 0 Å². The number of hydrogen-bond acceptors (Lipinski definition) is 3. The van der Waals surface area contributed by atoms with Crippen LogP contribution in [0.4, 0.5) is 14.5 Å². The van der Waals surface area contributed by atoms with Crippen molar-refractivity contribution in [2.75, 3.05) is 11.9 Å². The zero-order chi connectivity index (χ0) is 17.7. The largest absolute Gasteiger partial charge is 0.455 e. The molecule has 0 bridgehead atoms. The first kappa shape index (κ1) is 17.6. The van der Waals surface area contributed by atoms with E-state index in [1.165, 1.54) is 6.07 Å². The predicted octanol–water partition coefficient (Wildman–Crippen LogP) is 3.31. The number of esters is 1. The van der Waals surface area contributed by atoms with Crippen molar-refractivity contribution >= 4 is 17.6 Å². The van der Waals surface area contributed by atoms with Gasteiger partial charge in [0.25, 0.3) is 5.91 Å². The van der Waals surface area contributed by atoms with Crippen LogP contribution in [0.1, 0.15) is 16.7 Å². The molecule has 0 aromatic heterocycles. The maximum absolute atomic E-state index is 13.4. The van der Waals surface area contributed by atoms with Gasteiger partial charge >= 0.3 is 5.97 Å². The summed E-state index contributed by atoms with van der Waals surface area (Å²) in [6, 6.07) is 8.79. The fraction of sp³-hybridized carbons (Fsp3) is 0.222. The van der Waals surface area contributed by atoms with Crippen LogP contribution in [0.25, 0.3) is 0 Å². The lowest BCUT2D eigenvalue weighted by molar-refractivity contribution is -0.146. The minimum atomic E-state index is -0.898. The zero-order valence-corrected chi connectivity index (χ0v) is 13.4. The first-order valence-corrected chi connectivity index (χ1v) is 7.32. The number of benzene rings is 2. The first-order chi connectivity index (χ1) is 11.4. The molecule has 24 heavy (non-hydrogen) atoms. The Morgan fingerprint density at radius 3 is 2.33 bits per heavy atom. The second-order valence-corrected chi connectivity index (χ2v) is 5.40. The quantitative estimate of drug-likeness (QED) is 0.854. The summed E-state index contributed by atoms with van der Waals surface area (Å²) in [6.07, 6.45) is 0.0163. The van der Waals surface area contributed by atoms with E-state index in [0.29, 0.717) is 0 Å². The summed E-state index contributed by atoms with van der Waals surface area (Å²) in [4.78, 5) is 23.4. The van der Waals surface area contributed by atoms with Crippen molar-refractivity contribution in [3.05, 3.63) is 64.7 Å². The van der Waals surface area contributed by atoms with Gasteiger partial charge in [-0.15, -0.1) is 0 Å². The zero-order valence-electron chi connectivity index (χ0n) is 13.4. The molecule has 1 N–H and O–H groups in total. The molecule has 1 amide bonds. The molecule has 0 unspecified atom stereocenters. The Balaban J connectivity index is 1.87. The Hall–Kier alpha value is -2.76. The van der Waals surface area contributed by atoms with Crippen LogP contribution in [-0.2, 0) is 20.7 Å². The normalized spacial score (nSPS) is 10.3. The van der Waals surface area contributed by atoms with Crippen molar-refractivity contribution in [1.82, 2.24) is 0 Å². The van der Waals surface area contributed by atoms with Crippen molar-refractivity contribution in [3.8, 4) is 0 Å². The SMILES string of the molecule is Cc1ccc(CC(=O)OCC(=O)Nc2c(F)cccc2F)cc1C. The maximum atomic E-state index is 13.4. The molecular weight excluding hydrogens is 316 g/mol. The number of carbonyl (C=O) groups is 2. The van der Waals surface area contributed by atoms with Crippen molar-refractivity contribution in [2.24, 2.45) is 0 Å². The molecule has 4 nitrogen and oxygen atoms in total. The highest BCUT2D eigenvalue weighted by molar-refractivity contribution is 5.93. The molecule has 0 saturated heterocycles. The van der Waals surface area contributed by atoms with Crippen LogP contribution in [0.2, 0.25) is 0 Å². The van der Waals surface area contributed by atoms with Crippen LogP contribution in [0.15, 0.2) is 36.4 Å². The van der Waals surface area contributed by atoms with Gasteiger partial charge in [-0.1, -0.05) is 24.3 Å². The van der Waals surface area contributed by atoms with E-state index in [2.05, 4.69) is 0 Å². The molecule has 0 radical (unpaired) electrons. The molecule has 0 heterocycles. The van der Waals surface area contributed by atoms with Crippen LogP contribution < -0.4 is 5.32 Å². The fourth-order valence-corrected chi connectivity index (χ4v) is 2.07. The monoisotopic (exact) mass is 333 g/mol. The van der Waals surface area contributed by atoms with Crippen molar-refractivity contribution in [3.63, 3.8) is 0 Å². The summed E-state index contributed by atoms with van der Waals surface area (Å²) >= 11 is 0. The Morgan fingerprint density at radius 1 is 1.04 bits per heavy atom. The average Bonchev–Trinajstić information content (AvgIpc) is 2.53. The highest BCUT2D eigenvalue weighted by Gasteiger charge is 2.14. The number of para-hydroxylation sites is 1. The Bertz CT molecular complexity index is 755. The van der Waals surface area contributed by atoms with Gasteiger partial charge in [-0.25, -0.2) is 8.78 Å². The number of carbonyl (C=O) groups excluding carboxylic acids is 2. The minimum absolute atomic E-state index is 0.0163. The highest BCUT2D eigenvalue weighted by atomic mass is 19.1. The van der Waals surface area contributed by atoms with Crippen molar-refractivity contribution in [2.45, 2.75) is 20.3 Å². The van der Waals surface area contributed by atoms with Gasteiger partial charge in [0, 0.05) is 0 Å². The minimum Gasteiger partial charge on any atom is -0.455 e. The lowest BCUT2D eigenvalue weighted by Gasteiger charge is -2.09. The summed E-state index contributed by atoms with van der Waals surface area (Å²) in [7, 11) is 0. The number of aryl methyl sites for hydroxylation is 2. The third-order valence-corrected chi connectivity index (χ3v) is 3.51. The summed E-state index contributed by atoms with van der Waals surface area (Å²) in [5.74, 6) is -3.20. The number of halogens is 2. The van der Waals surface area contributed by atoms with E-state index in [9.17, 15) is 18.4 Å². The number of amides is 1. The van der Waals surface area contributed by atoms with Gasteiger partial charge in [-0.3, -0.25) is 9.59 Å². The lowest BCUT2D eigenvalue weighted by Crippen LogP contribution is -2.22. The van der Waals surface area contributed by atoms with Gasteiger partial charge in [0.1, 0.15) is 17.3 Å². The second kappa shape index (κ2) is 7.68. The van der Waals surface area contributed by atoms with E-state index in [4.69, 9.17) is 4.74 Å². The third-order valence-electron chi connectivity index (χ3n) is 3.51. The standard InChI is InChI=1S/C18H17F2NO3/c1-11-6-7-13(8-12(11)2)9-17(23)24-10-16(22)21-18-14(19)4-3-5-15(18)20/h3-8H,9-10H2,1-2H3,(H,21,22). The predicted molar refractivity (Wildman–Crippen MR) is 85.6 cm³/mol. The van der Waals surface area contributed by atoms with E-state index in [1.807, 2.05) is 31.3 Å². The summed E-state index contributed by atoms with van der Waals surface area (Å²) in [5, 5.41) is 2.05. The van der Waals surface area contributed by atoms with E-state index >= 15 is 0 Å². The Labute approximate surface area is 138 Å². The molecular formula is C18H17F2NO3. The Morgan fingerprint density at radius 2 is 1.71 bits per heavy atom. The number of nitrogens with one attached hydrogen (secondary N) is 1. The molecule has 2 aromatic rings. The van der Waals surface area contributed by atoms with E-state index < -0.39 is 35.8 Å². The highest BCUT2D eigenvalue weighted by Crippen LogP contribution is 2.17. The smallest absolute Gasteiger partial charge is 0.310 e. The van der Waals surface area contributed by atoms with Crippen LogP contribution >= 0.6 is 0 Å².